The predicted octanol–water partition coefficient (Wildman–Crippen LogP) is 3.76. The smallest absolute Gasteiger partial charge is 0.119 e. The molecule has 1 aliphatic rings. The van der Waals surface area contributed by atoms with Gasteiger partial charge in [-0.2, -0.15) is 0 Å². The van der Waals surface area contributed by atoms with Crippen molar-refractivity contribution in [3.05, 3.63) is 24.3 Å². The van der Waals surface area contributed by atoms with Crippen molar-refractivity contribution in [1.29, 1.82) is 0 Å². The van der Waals surface area contributed by atoms with Crippen molar-refractivity contribution in [2.24, 2.45) is 17.8 Å². The number of likely N-dealkylation sites (tertiary alicyclic amines) is 1. The Morgan fingerprint density at radius 1 is 1.30 bits per heavy atom. The third kappa shape index (κ3) is 5.40. The molecule has 0 aromatic heterocycles. The second-order valence-corrected chi connectivity index (χ2v) is 7.96. The summed E-state index contributed by atoms with van der Waals surface area (Å²) in [6.07, 6.45) is 3.26. The fourth-order valence-electron chi connectivity index (χ4n) is 3.26. The Morgan fingerprint density at radius 2 is 2.00 bits per heavy atom. The van der Waals surface area contributed by atoms with Crippen LogP contribution in [0.25, 0.3) is 0 Å². The molecular formula is C19H31NO2S. The van der Waals surface area contributed by atoms with Crippen molar-refractivity contribution in [1.82, 2.24) is 4.90 Å². The number of nitrogens with zero attached hydrogens (tertiary/aromatic N) is 1. The second kappa shape index (κ2) is 8.95. The molecule has 1 aromatic carbocycles. The molecule has 3 atom stereocenters. The molecule has 0 bridgehead atoms. The van der Waals surface area contributed by atoms with Gasteiger partial charge in [0.15, 0.2) is 0 Å². The summed E-state index contributed by atoms with van der Waals surface area (Å²) in [4.78, 5) is 3.79. The SMILES string of the molecule is CSc1ccc(OCC2CC(C)N(CC(CO)C(C)C)C2)cc1. The molecule has 0 spiro atoms. The van der Waals surface area contributed by atoms with Gasteiger partial charge in [-0.1, -0.05) is 13.8 Å². The number of hydrogen-bond donors (Lipinski definition) is 1. The Hall–Kier alpha value is -0.710. The van der Waals surface area contributed by atoms with Crippen LogP contribution in [-0.2, 0) is 0 Å². The Morgan fingerprint density at radius 3 is 2.57 bits per heavy atom. The Balaban J connectivity index is 1.81. The van der Waals surface area contributed by atoms with Gasteiger partial charge in [-0.3, -0.25) is 4.90 Å². The average molecular weight is 338 g/mol. The molecule has 1 saturated heterocycles. The standard InChI is InChI=1S/C19H31NO2S/c1-14(2)17(12-21)11-20-10-16(9-15(20)3)13-22-18-5-7-19(23-4)8-6-18/h5-8,14-17,21H,9-13H2,1-4H3. The molecular weight excluding hydrogens is 306 g/mol. The lowest BCUT2D eigenvalue weighted by Crippen LogP contribution is -2.36. The lowest BCUT2D eigenvalue weighted by atomic mass is 9.96. The Kier molecular flexibility index (Phi) is 7.25. The number of thioether (sulfide) groups is 1. The molecule has 2 rings (SSSR count). The highest BCUT2D eigenvalue weighted by atomic mass is 32.2. The van der Waals surface area contributed by atoms with E-state index in [0.717, 1.165) is 25.4 Å². The summed E-state index contributed by atoms with van der Waals surface area (Å²) in [5, 5.41) is 9.55. The van der Waals surface area contributed by atoms with Crippen LogP contribution in [0.5, 0.6) is 5.75 Å². The van der Waals surface area contributed by atoms with Gasteiger partial charge in [0.05, 0.1) is 6.61 Å². The van der Waals surface area contributed by atoms with E-state index in [0.29, 0.717) is 23.8 Å². The summed E-state index contributed by atoms with van der Waals surface area (Å²) in [7, 11) is 0. The summed E-state index contributed by atoms with van der Waals surface area (Å²) in [6.45, 7) is 9.82. The van der Waals surface area contributed by atoms with Crippen LogP contribution in [0.2, 0.25) is 0 Å². The van der Waals surface area contributed by atoms with E-state index >= 15 is 0 Å². The van der Waals surface area contributed by atoms with Crippen LogP contribution >= 0.6 is 11.8 Å². The zero-order valence-corrected chi connectivity index (χ0v) is 15.7. The van der Waals surface area contributed by atoms with Crippen LogP contribution in [0, 0.1) is 17.8 Å². The van der Waals surface area contributed by atoms with Crippen LogP contribution in [-0.4, -0.2) is 48.6 Å². The first kappa shape index (κ1) is 18.6. The summed E-state index contributed by atoms with van der Waals surface area (Å²) in [5.41, 5.74) is 0. The lowest BCUT2D eigenvalue weighted by Gasteiger charge is -2.28. The molecule has 1 N–H and O–H groups in total. The van der Waals surface area contributed by atoms with E-state index in [-0.39, 0.29) is 6.61 Å². The predicted molar refractivity (Wildman–Crippen MR) is 98.3 cm³/mol. The van der Waals surface area contributed by atoms with Crippen LogP contribution < -0.4 is 4.74 Å². The third-order valence-electron chi connectivity index (χ3n) is 4.98. The summed E-state index contributed by atoms with van der Waals surface area (Å²) < 4.78 is 5.98. The first-order chi connectivity index (χ1) is 11.0. The van der Waals surface area contributed by atoms with Gasteiger partial charge >= 0.3 is 0 Å². The van der Waals surface area contributed by atoms with E-state index in [1.54, 1.807) is 11.8 Å². The van der Waals surface area contributed by atoms with Crippen molar-refractivity contribution in [3.63, 3.8) is 0 Å². The fourth-order valence-corrected chi connectivity index (χ4v) is 3.67. The highest BCUT2D eigenvalue weighted by molar-refractivity contribution is 7.98. The number of rotatable bonds is 8. The molecule has 3 unspecified atom stereocenters. The largest absolute Gasteiger partial charge is 0.493 e. The molecule has 23 heavy (non-hydrogen) atoms. The first-order valence-corrected chi connectivity index (χ1v) is 9.87. The minimum absolute atomic E-state index is 0.282. The Bertz CT molecular complexity index is 463. The van der Waals surface area contributed by atoms with Gasteiger partial charge in [0.1, 0.15) is 5.75 Å². The van der Waals surface area contributed by atoms with Crippen molar-refractivity contribution in [3.8, 4) is 5.75 Å². The van der Waals surface area contributed by atoms with E-state index in [4.69, 9.17) is 4.74 Å². The van der Waals surface area contributed by atoms with Crippen LogP contribution in [0.4, 0.5) is 0 Å². The molecule has 130 valence electrons. The topological polar surface area (TPSA) is 32.7 Å². The molecule has 0 aliphatic carbocycles. The van der Waals surface area contributed by atoms with Gasteiger partial charge in [0.25, 0.3) is 0 Å². The monoisotopic (exact) mass is 337 g/mol. The number of benzene rings is 1. The molecule has 1 heterocycles. The van der Waals surface area contributed by atoms with E-state index < -0.39 is 0 Å². The van der Waals surface area contributed by atoms with Crippen LogP contribution in [0.3, 0.4) is 0 Å². The minimum Gasteiger partial charge on any atom is -0.493 e. The number of ether oxygens (including phenoxy) is 1. The quantitative estimate of drug-likeness (QED) is 0.732. The number of aliphatic hydroxyl groups is 1. The van der Waals surface area contributed by atoms with E-state index in [1.165, 1.54) is 11.3 Å². The molecule has 0 amide bonds. The maximum absolute atomic E-state index is 9.55. The molecule has 1 fully saturated rings. The van der Waals surface area contributed by atoms with Gasteiger partial charge < -0.3 is 9.84 Å². The fraction of sp³-hybridized carbons (Fsp3) is 0.684. The number of hydrogen-bond acceptors (Lipinski definition) is 4. The highest BCUT2D eigenvalue weighted by Crippen LogP contribution is 2.27. The van der Waals surface area contributed by atoms with Gasteiger partial charge in [0, 0.05) is 36.6 Å². The van der Waals surface area contributed by atoms with E-state index in [1.807, 2.05) is 0 Å². The van der Waals surface area contributed by atoms with Gasteiger partial charge in [-0.15, -0.1) is 11.8 Å². The third-order valence-corrected chi connectivity index (χ3v) is 5.73. The summed E-state index contributed by atoms with van der Waals surface area (Å²) >= 11 is 1.75. The van der Waals surface area contributed by atoms with Crippen LogP contribution in [0.15, 0.2) is 29.2 Å². The lowest BCUT2D eigenvalue weighted by molar-refractivity contribution is 0.126. The van der Waals surface area contributed by atoms with Gasteiger partial charge in [-0.25, -0.2) is 0 Å². The Labute approximate surface area is 145 Å². The van der Waals surface area contributed by atoms with Crippen molar-refractivity contribution < 1.29 is 9.84 Å². The average Bonchev–Trinajstić information content (AvgIpc) is 2.90. The zero-order valence-electron chi connectivity index (χ0n) is 14.9. The number of aliphatic hydroxyl groups excluding tert-OH is 1. The van der Waals surface area contributed by atoms with E-state index in [9.17, 15) is 5.11 Å². The minimum atomic E-state index is 0.282. The summed E-state index contributed by atoms with van der Waals surface area (Å²) in [6, 6.07) is 8.91. The zero-order chi connectivity index (χ0) is 16.8. The normalized spacial score (nSPS) is 23.4. The van der Waals surface area contributed by atoms with E-state index in [2.05, 4.69) is 56.2 Å². The summed E-state index contributed by atoms with van der Waals surface area (Å²) in [5.74, 6) is 2.44. The molecule has 3 nitrogen and oxygen atoms in total. The molecule has 4 heteroatoms. The molecule has 0 saturated carbocycles. The van der Waals surface area contributed by atoms with Crippen molar-refractivity contribution in [2.75, 3.05) is 32.6 Å². The molecule has 1 aliphatic heterocycles. The highest BCUT2D eigenvalue weighted by Gasteiger charge is 2.31. The van der Waals surface area contributed by atoms with Gasteiger partial charge in [-0.05, 0) is 55.7 Å². The van der Waals surface area contributed by atoms with Crippen molar-refractivity contribution in [2.45, 2.75) is 38.1 Å². The van der Waals surface area contributed by atoms with Crippen molar-refractivity contribution >= 4 is 11.8 Å². The second-order valence-electron chi connectivity index (χ2n) is 7.08. The maximum atomic E-state index is 9.55. The maximum Gasteiger partial charge on any atom is 0.119 e. The van der Waals surface area contributed by atoms with Gasteiger partial charge in [0.2, 0.25) is 0 Å². The molecule has 1 aromatic rings. The molecule has 0 radical (unpaired) electrons. The first-order valence-electron chi connectivity index (χ1n) is 8.65. The van der Waals surface area contributed by atoms with Crippen LogP contribution in [0.1, 0.15) is 27.2 Å².